The lowest BCUT2D eigenvalue weighted by molar-refractivity contribution is -0.128. The molecular weight excluding hydrogens is 580 g/mol. The van der Waals surface area contributed by atoms with Gasteiger partial charge in [-0.25, -0.2) is 4.99 Å². The molecule has 2 amide bonds. The van der Waals surface area contributed by atoms with Crippen molar-refractivity contribution in [3.05, 3.63) is 83.6 Å². The fourth-order valence-corrected chi connectivity index (χ4v) is 5.96. The number of carbonyl (C=O) groups is 3. The second-order valence-corrected chi connectivity index (χ2v) is 11.1. The Balaban J connectivity index is 1.31. The molecule has 0 bridgehead atoms. The van der Waals surface area contributed by atoms with Gasteiger partial charge in [0.05, 0.1) is 32.8 Å². The molecule has 228 valence electrons. The molecule has 0 atom stereocenters. The van der Waals surface area contributed by atoms with E-state index in [0.717, 1.165) is 5.69 Å². The Morgan fingerprint density at radius 3 is 2.09 bits per heavy atom. The van der Waals surface area contributed by atoms with Gasteiger partial charge in [-0.15, -0.1) is 0 Å². The van der Waals surface area contributed by atoms with Crippen molar-refractivity contribution in [1.29, 1.82) is 0 Å². The number of benzene rings is 3. The third-order valence-corrected chi connectivity index (χ3v) is 8.39. The molecule has 2 aliphatic rings. The predicted octanol–water partition coefficient (Wildman–Crippen LogP) is 4.74. The van der Waals surface area contributed by atoms with E-state index in [1.807, 2.05) is 59.5 Å². The van der Waals surface area contributed by atoms with E-state index in [0.29, 0.717) is 65.4 Å². The first kappa shape index (κ1) is 30.7. The minimum Gasteiger partial charge on any atom is -0.496 e. The van der Waals surface area contributed by atoms with Gasteiger partial charge in [-0.1, -0.05) is 30.0 Å². The maximum Gasteiger partial charge on any atom is 0.283 e. The van der Waals surface area contributed by atoms with Crippen LogP contribution in [0.4, 0.5) is 11.4 Å². The summed E-state index contributed by atoms with van der Waals surface area (Å²) >= 11 is 1.23. The Morgan fingerprint density at radius 1 is 0.841 bits per heavy atom. The molecule has 2 aliphatic heterocycles. The minimum absolute atomic E-state index is 0.0243. The third-order valence-electron chi connectivity index (χ3n) is 7.47. The van der Waals surface area contributed by atoms with Crippen molar-refractivity contribution in [2.24, 2.45) is 4.99 Å². The highest BCUT2D eigenvalue weighted by molar-refractivity contribution is 8.14. The summed E-state index contributed by atoms with van der Waals surface area (Å²) in [7, 11) is 4.61. The number of Topliss-reactive ketones (excluding diaryl/α,β-unsaturated/α-hetero) is 1. The highest BCUT2D eigenvalue weighted by Gasteiger charge is 2.33. The van der Waals surface area contributed by atoms with E-state index < -0.39 is 0 Å². The number of aliphatic imine (C=N–C) groups is 1. The van der Waals surface area contributed by atoms with Gasteiger partial charge in [0.1, 0.15) is 11.4 Å². The van der Waals surface area contributed by atoms with Crippen LogP contribution in [0.15, 0.2) is 77.4 Å². The van der Waals surface area contributed by atoms with E-state index in [9.17, 15) is 14.4 Å². The number of nitrogens with zero attached hydrogens (tertiary/aromatic N) is 4. The molecule has 0 aromatic heterocycles. The Labute approximate surface area is 260 Å². The van der Waals surface area contributed by atoms with E-state index in [4.69, 9.17) is 14.2 Å². The Morgan fingerprint density at radius 2 is 1.48 bits per heavy atom. The number of para-hydroxylation sites is 1. The summed E-state index contributed by atoms with van der Waals surface area (Å²) in [6.07, 6.45) is 1.65. The molecule has 1 saturated heterocycles. The molecule has 0 saturated carbocycles. The van der Waals surface area contributed by atoms with Gasteiger partial charge in [0.2, 0.25) is 5.91 Å². The number of ether oxygens (including phenoxy) is 3. The molecule has 0 N–H and O–H groups in total. The van der Waals surface area contributed by atoms with Crippen molar-refractivity contribution in [3.8, 4) is 17.2 Å². The number of hydrogen-bond donors (Lipinski definition) is 0. The van der Waals surface area contributed by atoms with Gasteiger partial charge in [0, 0.05) is 49.1 Å². The highest BCUT2D eigenvalue weighted by Crippen LogP contribution is 2.37. The summed E-state index contributed by atoms with van der Waals surface area (Å²) in [5.74, 6) is 1.32. The molecule has 3 aromatic rings. The number of hydrogen-bond acceptors (Lipinski definition) is 9. The van der Waals surface area contributed by atoms with Gasteiger partial charge in [-0.05, 0) is 55.5 Å². The fourth-order valence-electron chi connectivity index (χ4n) is 5.05. The first-order chi connectivity index (χ1) is 21.3. The molecular formula is C33H34N4O6S. The monoisotopic (exact) mass is 614 g/mol. The van der Waals surface area contributed by atoms with Crippen molar-refractivity contribution in [3.63, 3.8) is 0 Å². The summed E-state index contributed by atoms with van der Waals surface area (Å²) < 4.78 is 16.4. The number of thioether (sulfide) groups is 1. The molecule has 0 aliphatic carbocycles. The van der Waals surface area contributed by atoms with Crippen molar-refractivity contribution in [2.75, 3.05) is 63.1 Å². The maximum atomic E-state index is 13.7. The molecule has 5 rings (SSSR count). The smallest absolute Gasteiger partial charge is 0.283 e. The zero-order chi connectivity index (χ0) is 31.2. The maximum absolute atomic E-state index is 13.7. The Kier molecular flexibility index (Phi) is 9.54. The fraction of sp³-hybridized carbons (Fsp3) is 0.273. The van der Waals surface area contributed by atoms with Gasteiger partial charge in [0.25, 0.3) is 5.91 Å². The second kappa shape index (κ2) is 13.7. The van der Waals surface area contributed by atoms with E-state index in [2.05, 4.69) is 9.89 Å². The predicted molar refractivity (Wildman–Crippen MR) is 173 cm³/mol. The van der Waals surface area contributed by atoms with Crippen LogP contribution in [0, 0.1) is 0 Å². The summed E-state index contributed by atoms with van der Waals surface area (Å²) in [5.41, 5.74) is 3.17. The van der Waals surface area contributed by atoms with Gasteiger partial charge in [-0.2, -0.15) is 0 Å². The molecule has 0 unspecified atom stereocenters. The van der Waals surface area contributed by atoms with E-state index in [-0.39, 0.29) is 29.0 Å². The largest absolute Gasteiger partial charge is 0.496 e. The van der Waals surface area contributed by atoms with Crippen LogP contribution in [0.25, 0.3) is 6.08 Å². The Hall–Kier alpha value is -4.77. The van der Waals surface area contributed by atoms with Gasteiger partial charge in [0.15, 0.2) is 22.4 Å². The number of methoxy groups -OCH3 is 3. The van der Waals surface area contributed by atoms with Crippen molar-refractivity contribution >= 4 is 52.0 Å². The zero-order valence-electron chi connectivity index (χ0n) is 25.1. The first-order valence-electron chi connectivity index (χ1n) is 14.1. The number of anilines is 2. The molecule has 3 aromatic carbocycles. The highest BCUT2D eigenvalue weighted by atomic mass is 32.2. The first-order valence-corrected chi connectivity index (χ1v) is 15.1. The average Bonchev–Trinajstić information content (AvgIpc) is 3.37. The van der Waals surface area contributed by atoms with Crippen molar-refractivity contribution in [2.45, 2.75) is 6.92 Å². The van der Waals surface area contributed by atoms with Crippen LogP contribution in [0.1, 0.15) is 22.8 Å². The standard InChI is InChI=1S/C33H34N4O6S/c1-22(38)23-10-12-25(13-11-23)35-14-16-36(17-15-35)31(39)21-44-33-34-27(32(40)37(33)26-8-6-5-7-9-26)18-24-19-29(42-3)30(43-4)20-28(24)41-2/h5-13,18-20H,14-17,21H2,1-4H3. The van der Waals surface area contributed by atoms with E-state index in [1.54, 1.807) is 25.1 Å². The summed E-state index contributed by atoms with van der Waals surface area (Å²) in [6.45, 7) is 4.07. The molecule has 0 spiro atoms. The average molecular weight is 615 g/mol. The van der Waals surface area contributed by atoms with Crippen LogP contribution in [-0.4, -0.2) is 80.9 Å². The van der Waals surface area contributed by atoms with E-state index >= 15 is 0 Å². The van der Waals surface area contributed by atoms with Crippen molar-refractivity contribution in [1.82, 2.24) is 4.90 Å². The minimum atomic E-state index is -0.313. The molecule has 2 heterocycles. The molecule has 10 nitrogen and oxygen atoms in total. The molecule has 0 radical (unpaired) electrons. The lowest BCUT2D eigenvalue weighted by Crippen LogP contribution is -2.49. The lowest BCUT2D eigenvalue weighted by Gasteiger charge is -2.36. The third kappa shape index (κ3) is 6.57. The van der Waals surface area contributed by atoms with Gasteiger partial charge < -0.3 is 24.0 Å². The van der Waals surface area contributed by atoms with Crippen LogP contribution in [0.2, 0.25) is 0 Å². The van der Waals surface area contributed by atoms with Gasteiger partial charge >= 0.3 is 0 Å². The summed E-state index contributed by atoms with van der Waals surface area (Å²) in [5, 5.41) is 0.421. The number of piperazine rings is 1. The number of amidine groups is 1. The number of rotatable bonds is 9. The Bertz CT molecular complexity index is 1600. The normalized spacial score (nSPS) is 15.8. The second-order valence-electron chi connectivity index (χ2n) is 10.1. The van der Waals surface area contributed by atoms with Crippen LogP contribution in [0.5, 0.6) is 17.2 Å². The van der Waals surface area contributed by atoms with Crippen LogP contribution in [-0.2, 0) is 9.59 Å². The summed E-state index contributed by atoms with van der Waals surface area (Å²) in [4.78, 5) is 48.8. The van der Waals surface area contributed by atoms with Crippen LogP contribution in [0.3, 0.4) is 0 Å². The SMILES string of the molecule is COc1cc(OC)c(OC)cc1C=C1N=C(SCC(=O)N2CCN(c3ccc(C(C)=O)cc3)CC2)N(c2ccccc2)C1=O. The lowest BCUT2D eigenvalue weighted by atomic mass is 10.1. The molecule has 11 heteroatoms. The molecule has 44 heavy (non-hydrogen) atoms. The number of ketones is 1. The zero-order valence-corrected chi connectivity index (χ0v) is 25.9. The van der Waals surface area contributed by atoms with Gasteiger partial charge in [-0.3, -0.25) is 19.3 Å². The van der Waals surface area contributed by atoms with E-state index in [1.165, 1.54) is 38.0 Å². The molecule has 1 fully saturated rings. The summed E-state index contributed by atoms with van der Waals surface area (Å²) in [6, 6.07) is 20.2. The quantitative estimate of drug-likeness (QED) is 0.252. The van der Waals surface area contributed by atoms with Crippen LogP contribution >= 0.6 is 11.8 Å². The number of amides is 2. The number of carbonyl (C=O) groups excluding carboxylic acids is 3. The topological polar surface area (TPSA) is 101 Å². The van der Waals surface area contributed by atoms with Crippen LogP contribution < -0.4 is 24.0 Å². The van der Waals surface area contributed by atoms with Crippen molar-refractivity contribution < 1.29 is 28.6 Å².